The number of carbonyl (C=O) groups excluding carboxylic acids is 3. The lowest BCUT2D eigenvalue weighted by molar-refractivity contribution is -0.123. The maximum Gasteiger partial charge on any atom is 0.501 e. The number of nitrogens with one attached hydrogen (secondary N) is 1. The van der Waals surface area contributed by atoms with Gasteiger partial charge in [0.25, 0.3) is 21.7 Å². The van der Waals surface area contributed by atoms with Crippen LogP contribution in [0.4, 0.5) is 29.3 Å². The van der Waals surface area contributed by atoms with E-state index in [4.69, 9.17) is 0 Å². The van der Waals surface area contributed by atoms with Gasteiger partial charge in [0.05, 0.1) is 16.1 Å². The molecule has 13 heteroatoms. The molecule has 39 heavy (non-hydrogen) atoms. The van der Waals surface area contributed by atoms with Crippen molar-refractivity contribution in [1.29, 1.82) is 0 Å². The van der Waals surface area contributed by atoms with Crippen LogP contribution in [0.25, 0.3) is 0 Å². The van der Waals surface area contributed by atoms with E-state index in [-0.39, 0.29) is 17.8 Å². The van der Waals surface area contributed by atoms with E-state index in [0.717, 1.165) is 22.6 Å². The highest BCUT2D eigenvalue weighted by atomic mass is 32.2. The summed E-state index contributed by atoms with van der Waals surface area (Å²) in [6.07, 6.45) is 2.78. The van der Waals surface area contributed by atoms with Gasteiger partial charge in [0.2, 0.25) is 0 Å². The number of imide groups is 1. The van der Waals surface area contributed by atoms with Gasteiger partial charge >= 0.3 is 11.5 Å². The second-order valence-electron chi connectivity index (χ2n) is 9.31. The number of hydrogen-bond donors (Lipinski definition) is 1. The van der Waals surface area contributed by atoms with Crippen LogP contribution in [0.2, 0.25) is 0 Å². The van der Waals surface area contributed by atoms with E-state index < -0.39 is 43.6 Å². The van der Waals surface area contributed by atoms with Gasteiger partial charge in [-0.05, 0) is 68.3 Å². The summed E-state index contributed by atoms with van der Waals surface area (Å²) >= 11 is 0. The summed E-state index contributed by atoms with van der Waals surface area (Å²) in [4.78, 5) is 44.7. The molecule has 4 amide bonds. The average molecular weight is 561 g/mol. The number of anilines is 2. The number of rotatable bonds is 6. The average Bonchev–Trinajstić information content (AvgIpc) is 3.04. The second-order valence-corrected chi connectivity index (χ2v) is 11.3. The first-order valence-corrected chi connectivity index (χ1v) is 13.0. The molecule has 1 N–H and O–H groups in total. The Labute approximate surface area is 222 Å². The third-order valence-electron chi connectivity index (χ3n) is 6.41. The molecule has 1 aliphatic rings. The number of urea groups is 1. The topological polar surface area (TPSA) is 117 Å². The molecule has 9 nitrogen and oxygen atoms in total. The molecule has 0 bridgehead atoms. The van der Waals surface area contributed by atoms with Crippen molar-refractivity contribution < 1.29 is 36.0 Å². The summed E-state index contributed by atoms with van der Waals surface area (Å²) in [5.41, 5.74) is -5.00. The molecule has 1 aliphatic heterocycles. The van der Waals surface area contributed by atoms with Gasteiger partial charge in [0.15, 0.2) is 0 Å². The molecule has 0 aliphatic carbocycles. The summed E-state index contributed by atoms with van der Waals surface area (Å²) in [6.45, 7) is 4.65. The largest absolute Gasteiger partial charge is 0.501 e. The zero-order chi connectivity index (χ0) is 28.8. The van der Waals surface area contributed by atoms with E-state index in [1.165, 1.54) is 31.1 Å². The number of aromatic nitrogens is 1. The number of carbonyl (C=O) groups is 3. The van der Waals surface area contributed by atoms with Crippen molar-refractivity contribution >= 4 is 39.1 Å². The number of halogens is 3. The molecular formula is C26H23F3N4O5S. The van der Waals surface area contributed by atoms with Crippen LogP contribution in [0, 0.1) is 6.92 Å². The van der Waals surface area contributed by atoms with Crippen molar-refractivity contribution in [3.8, 4) is 0 Å². The normalized spacial score (nSPS) is 15.5. The van der Waals surface area contributed by atoms with E-state index in [1.807, 2.05) is 19.1 Å². The highest BCUT2D eigenvalue weighted by molar-refractivity contribution is 7.92. The van der Waals surface area contributed by atoms with Gasteiger partial charge < -0.3 is 10.2 Å². The van der Waals surface area contributed by atoms with Crippen molar-refractivity contribution in [3.05, 3.63) is 83.7 Å². The van der Waals surface area contributed by atoms with Crippen molar-refractivity contribution in [3.63, 3.8) is 0 Å². The number of sulfone groups is 1. The Bertz CT molecular complexity index is 1570. The standard InChI is InChI=1S/C26H23F3N4O5S/c1-16-6-4-5-7-21(16)31-22(34)20-14-30-13-12-17(20)15-32-24(36)33(23(35)25(32,2)3)18-8-10-19(11-9-18)39(37,38)26(27,28)29/h4-14H,15H2,1-3H3,(H,31,34). The lowest BCUT2D eigenvalue weighted by Gasteiger charge is -2.28. The molecule has 0 radical (unpaired) electrons. The van der Waals surface area contributed by atoms with E-state index in [2.05, 4.69) is 10.3 Å². The summed E-state index contributed by atoms with van der Waals surface area (Å²) in [5.74, 6) is -1.15. The van der Waals surface area contributed by atoms with Crippen LogP contribution < -0.4 is 10.2 Å². The maximum absolute atomic E-state index is 13.4. The van der Waals surface area contributed by atoms with Crippen LogP contribution in [-0.2, 0) is 21.2 Å². The number of amides is 4. The number of para-hydroxylation sites is 1. The zero-order valence-electron chi connectivity index (χ0n) is 21.0. The third kappa shape index (κ3) is 4.97. The fraction of sp³-hybridized carbons (Fsp3) is 0.231. The Morgan fingerprint density at radius 1 is 1.03 bits per heavy atom. The summed E-state index contributed by atoms with van der Waals surface area (Å²) in [7, 11) is -5.60. The number of hydrogen-bond acceptors (Lipinski definition) is 6. The van der Waals surface area contributed by atoms with Crippen molar-refractivity contribution in [2.45, 2.75) is 43.3 Å². The van der Waals surface area contributed by atoms with Crippen LogP contribution in [0.15, 0.2) is 71.9 Å². The van der Waals surface area contributed by atoms with Crippen LogP contribution >= 0.6 is 0 Å². The van der Waals surface area contributed by atoms with E-state index >= 15 is 0 Å². The minimum atomic E-state index is -5.60. The number of nitrogens with zero attached hydrogens (tertiary/aromatic N) is 3. The van der Waals surface area contributed by atoms with E-state index in [1.54, 1.807) is 18.2 Å². The molecule has 3 aromatic rings. The quantitative estimate of drug-likeness (QED) is 0.438. The summed E-state index contributed by atoms with van der Waals surface area (Å²) in [6, 6.07) is 11.2. The Balaban J connectivity index is 1.62. The number of aryl methyl sites for hydroxylation is 1. The molecule has 0 atom stereocenters. The fourth-order valence-corrected chi connectivity index (χ4v) is 4.84. The molecule has 204 valence electrons. The fourth-order valence-electron chi connectivity index (χ4n) is 4.08. The van der Waals surface area contributed by atoms with Crippen molar-refractivity contribution in [1.82, 2.24) is 9.88 Å². The smallest absolute Gasteiger partial charge is 0.322 e. The van der Waals surface area contributed by atoms with Crippen LogP contribution in [0.5, 0.6) is 0 Å². The van der Waals surface area contributed by atoms with Crippen LogP contribution in [0.3, 0.4) is 0 Å². The molecule has 1 saturated heterocycles. The number of pyridine rings is 1. The van der Waals surface area contributed by atoms with Crippen molar-refractivity contribution in [2.24, 2.45) is 0 Å². The van der Waals surface area contributed by atoms with Gasteiger partial charge in [-0.25, -0.2) is 18.1 Å². The molecule has 0 spiro atoms. The number of alkyl halides is 3. The Kier molecular flexibility index (Phi) is 6.98. The molecule has 0 unspecified atom stereocenters. The van der Waals surface area contributed by atoms with E-state index in [9.17, 15) is 36.0 Å². The molecule has 0 saturated carbocycles. The minimum Gasteiger partial charge on any atom is -0.322 e. The van der Waals surface area contributed by atoms with E-state index in [0.29, 0.717) is 23.4 Å². The monoisotopic (exact) mass is 560 g/mol. The van der Waals surface area contributed by atoms with Crippen LogP contribution in [-0.4, -0.2) is 47.2 Å². The maximum atomic E-state index is 13.4. The summed E-state index contributed by atoms with van der Waals surface area (Å²) in [5, 5.41) is 2.81. The van der Waals surface area contributed by atoms with Gasteiger partial charge in [-0.1, -0.05) is 18.2 Å². The lowest BCUT2D eigenvalue weighted by Crippen LogP contribution is -2.44. The minimum absolute atomic E-state index is 0.103. The molecule has 2 heterocycles. The first-order chi connectivity index (χ1) is 18.2. The molecule has 4 rings (SSSR count). The highest BCUT2D eigenvalue weighted by Gasteiger charge is 2.52. The van der Waals surface area contributed by atoms with Crippen molar-refractivity contribution in [2.75, 3.05) is 10.2 Å². The Hall–Kier alpha value is -4.26. The van der Waals surface area contributed by atoms with Gasteiger partial charge in [-0.15, -0.1) is 0 Å². The second kappa shape index (κ2) is 9.80. The zero-order valence-corrected chi connectivity index (χ0v) is 21.8. The predicted octanol–water partition coefficient (Wildman–Crippen LogP) is 4.68. The number of benzene rings is 2. The van der Waals surface area contributed by atoms with Gasteiger partial charge in [0, 0.05) is 24.6 Å². The Morgan fingerprint density at radius 3 is 2.28 bits per heavy atom. The molecular weight excluding hydrogens is 537 g/mol. The molecule has 1 fully saturated rings. The highest BCUT2D eigenvalue weighted by Crippen LogP contribution is 2.36. The third-order valence-corrected chi connectivity index (χ3v) is 7.91. The lowest BCUT2D eigenvalue weighted by atomic mass is 10.0. The van der Waals surface area contributed by atoms with Crippen LogP contribution in [0.1, 0.15) is 35.3 Å². The first kappa shape index (κ1) is 27.8. The van der Waals surface area contributed by atoms with Gasteiger partial charge in [-0.3, -0.25) is 14.6 Å². The molecule has 1 aromatic heterocycles. The van der Waals surface area contributed by atoms with Gasteiger partial charge in [-0.2, -0.15) is 13.2 Å². The SMILES string of the molecule is Cc1ccccc1NC(=O)c1cnccc1CN1C(=O)N(c2ccc(S(=O)(=O)C(F)(F)F)cc2)C(=O)C1(C)C. The van der Waals surface area contributed by atoms with Gasteiger partial charge in [0.1, 0.15) is 5.54 Å². The molecule has 2 aromatic carbocycles. The Morgan fingerprint density at radius 2 is 1.67 bits per heavy atom. The summed E-state index contributed by atoms with van der Waals surface area (Å²) < 4.78 is 62.0. The predicted molar refractivity (Wildman–Crippen MR) is 136 cm³/mol. The first-order valence-electron chi connectivity index (χ1n) is 11.5.